The number of nitro benzene ring substituents is 1. The Morgan fingerprint density at radius 3 is 2.71 bits per heavy atom. The highest BCUT2D eigenvalue weighted by molar-refractivity contribution is 5.98. The zero-order valence-electron chi connectivity index (χ0n) is 11.5. The average molecular weight is 294 g/mol. The Labute approximate surface area is 119 Å². The summed E-state index contributed by atoms with van der Waals surface area (Å²) in [5.74, 6) is -2.19. The summed E-state index contributed by atoms with van der Waals surface area (Å²) in [7, 11) is 1.18. The van der Waals surface area contributed by atoms with Crippen LogP contribution >= 0.6 is 0 Å². The first-order chi connectivity index (χ1) is 9.88. The molecule has 21 heavy (non-hydrogen) atoms. The van der Waals surface area contributed by atoms with Crippen LogP contribution in [-0.2, 0) is 19.7 Å². The zero-order valence-corrected chi connectivity index (χ0v) is 11.5. The number of carbonyl (C=O) groups is 2. The van der Waals surface area contributed by atoms with Crippen molar-refractivity contribution in [1.82, 2.24) is 5.48 Å². The lowest BCUT2D eigenvalue weighted by Gasteiger charge is -2.15. The van der Waals surface area contributed by atoms with Gasteiger partial charge in [-0.3, -0.25) is 24.9 Å². The molecule has 1 saturated carbocycles. The molecule has 8 heteroatoms. The molecule has 0 heterocycles. The summed E-state index contributed by atoms with van der Waals surface area (Å²) in [6, 6.07) is 4.35. The lowest BCUT2D eigenvalue weighted by atomic mass is 9.91. The second kappa shape index (κ2) is 5.13. The number of hydrogen-bond donors (Lipinski definition) is 2. The van der Waals surface area contributed by atoms with E-state index >= 15 is 0 Å². The van der Waals surface area contributed by atoms with Gasteiger partial charge in [0, 0.05) is 11.6 Å². The van der Waals surface area contributed by atoms with Crippen LogP contribution in [0.25, 0.3) is 0 Å². The third-order valence-corrected chi connectivity index (χ3v) is 3.86. The largest absolute Gasteiger partial charge is 0.468 e. The monoisotopic (exact) mass is 294 g/mol. The van der Waals surface area contributed by atoms with Crippen LogP contribution in [-0.4, -0.2) is 29.1 Å². The molecule has 2 atom stereocenters. The summed E-state index contributed by atoms with van der Waals surface area (Å²) < 4.78 is 4.72. The highest BCUT2D eigenvalue weighted by atomic mass is 16.6. The number of carbonyl (C=O) groups excluding carboxylic acids is 2. The molecule has 1 aromatic carbocycles. The lowest BCUT2D eigenvalue weighted by molar-refractivity contribution is -0.385. The minimum atomic E-state index is -1.28. The molecule has 1 aliphatic carbocycles. The molecular weight excluding hydrogens is 280 g/mol. The molecule has 0 bridgehead atoms. The first-order valence-corrected chi connectivity index (χ1v) is 6.16. The number of nitro groups is 1. The van der Waals surface area contributed by atoms with Crippen LogP contribution in [0.2, 0.25) is 0 Å². The van der Waals surface area contributed by atoms with Gasteiger partial charge in [-0.25, -0.2) is 5.48 Å². The predicted molar refractivity (Wildman–Crippen MR) is 69.6 cm³/mol. The summed E-state index contributed by atoms with van der Waals surface area (Å²) in [6.07, 6.45) is 0.131. The standard InChI is InChI=1S/C13H14N2O6/c1-7-3-4-8(5-10(7)15(19)20)13(12(17)21-2)6-9(13)11(16)14-18/h3-5,9,18H,6H2,1-2H3,(H,14,16)/t9-,13-/m0/s1. The second-order valence-electron chi connectivity index (χ2n) is 4.95. The number of hydrogen-bond acceptors (Lipinski definition) is 6. The molecule has 1 fully saturated rings. The van der Waals surface area contributed by atoms with Gasteiger partial charge in [-0.1, -0.05) is 12.1 Å². The van der Waals surface area contributed by atoms with E-state index in [1.807, 2.05) is 0 Å². The minimum absolute atomic E-state index is 0.131. The molecule has 112 valence electrons. The van der Waals surface area contributed by atoms with Crippen molar-refractivity contribution in [3.63, 3.8) is 0 Å². The van der Waals surface area contributed by atoms with Gasteiger partial charge in [0.2, 0.25) is 5.91 Å². The molecule has 0 aliphatic heterocycles. The number of nitrogens with zero attached hydrogens (tertiary/aromatic N) is 1. The lowest BCUT2D eigenvalue weighted by Crippen LogP contribution is -2.31. The Morgan fingerprint density at radius 2 is 2.19 bits per heavy atom. The fourth-order valence-corrected chi connectivity index (χ4v) is 2.59. The van der Waals surface area contributed by atoms with Crippen molar-refractivity contribution in [1.29, 1.82) is 0 Å². The number of nitrogens with one attached hydrogen (secondary N) is 1. The number of aryl methyl sites for hydroxylation is 1. The number of rotatable bonds is 4. The highest BCUT2D eigenvalue weighted by Gasteiger charge is 2.66. The Bertz CT molecular complexity index is 629. The maximum Gasteiger partial charge on any atom is 0.317 e. The minimum Gasteiger partial charge on any atom is -0.468 e. The van der Waals surface area contributed by atoms with Gasteiger partial charge in [0.05, 0.1) is 18.0 Å². The molecule has 2 N–H and O–H groups in total. The first kappa shape index (κ1) is 14.9. The van der Waals surface area contributed by atoms with Crippen LogP contribution in [0.3, 0.4) is 0 Å². The van der Waals surface area contributed by atoms with Crippen molar-refractivity contribution in [3.05, 3.63) is 39.4 Å². The van der Waals surface area contributed by atoms with Gasteiger partial charge in [-0.15, -0.1) is 0 Å². The molecule has 1 aromatic rings. The van der Waals surface area contributed by atoms with E-state index in [-0.39, 0.29) is 12.1 Å². The molecule has 0 aromatic heterocycles. The van der Waals surface area contributed by atoms with Crippen LogP contribution in [0.1, 0.15) is 17.5 Å². The maximum atomic E-state index is 12.0. The van der Waals surface area contributed by atoms with E-state index in [9.17, 15) is 19.7 Å². The number of ether oxygens (including phenoxy) is 1. The third kappa shape index (κ3) is 2.23. The van der Waals surface area contributed by atoms with Gasteiger partial charge in [-0.2, -0.15) is 0 Å². The quantitative estimate of drug-likeness (QED) is 0.367. The number of benzene rings is 1. The zero-order chi connectivity index (χ0) is 15.8. The predicted octanol–water partition coefficient (Wildman–Crippen LogP) is 0.839. The summed E-state index contributed by atoms with van der Waals surface area (Å²) in [6.45, 7) is 1.58. The van der Waals surface area contributed by atoms with Gasteiger partial charge >= 0.3 is 5.97 Å². The Hall–Kier alpha value is -2.48. The van der Waals surface area contributed by atoms with Crippen molar-refractivity contribution < 1.29 is 24.5 Å². The van der Waals surface area contributed by atoms with Crippen LogP contribution in [0, 0.1) is 23.0 Å². The van der Waals surface area contributed by atoms with E-state index in [0.29, 0.717) is 11.1 Å². The van der Waals surface area contributed by atoms with Crippen molar-refractivity contribution in [3.8, 4) is 0 Å². The summed E-state index contributed by atoms with van der Waals surface area (Å²) in [5.41, 5.74) is 0.872. The smallest absolute Gasteiger partial charge is 0.317 e. The first-order valence-electron chi connectivity index (χ1n) is 6.16. The molecule has 0 spiro atoms. The summed E-state index contributed by atoms with van der Waals surface area (Å²) >= 11 is 0. The maximum absolute atomic E-state index is 12.0. The third-order valence-electron chi connectivity index (χ3n) is 3.86. The Morgan fingerprint density at radius 1 is 1.52 bits per heavy atom. The number of esters is 1. The van der Waals surface area contributed by atoms with E-state index in [2.05, 4.69) is 0 Å². The van der Waals surface area contributed by atoms with Gasteiger partial charge < -0.3 is 4.74 Å². The molecule has 0 radical (unpaired) electrons. The number of amides is 1. The van der Waals surface area contributed by atoms with E-state index < -0.39 is 28.1 Å². The van der Waals surface area contributed by atoms with Crippen LogP contribution < -0.4 is 5.48 Å². The van der Waals surface area contributed by atoms with Gasteiger partial charge in [0.15, 0.2) is 0 Å². The van der Waals surface area contributed by atoms with Crippen molar-refractivity contribution in [2.75, 3.05) is 7.11 Å². The summed E-state index contributed by atoms with van der Waals surface area (Å²) in [5, 5.41) is 19.7. The van der Waals surface area contributed by atoms with Crippen molar-refractivity contribution in [2.45, 2.75) is 18.8 Å². The normalized spacial score (nSPS) is 23.3. The van der Waals surface area contributed by atoms with Gasteiger partial charge in [0.25, 0.3) is 5.69 Å². The number of hydroxylamine groups is 1. The van der Waals surface area contributed by atoms with Crippen molar-refractivity contribution >= 4 is 17.6 Å². The number of methoxy groups -OCH3 is 1. The molecule has 8 nitrogen and oxygen atoms in total. The topological polar surface area (TPSA) is 119 Å². The molecule has 0 saturated heterocycles. The fraction of sp³-hybridized carbons (Fsp3) is 0.385. The highest BCUT2D eigenvalue weighted by Crippen LogP contribution is 2.55. The molecule has 0 unspecified atom stereocenters. The van der Waals surface area contributed by atoms with E-state index in [4.69, 9.17) is 9.94 Å². The van der Waals surface area contributed by atoms with E-state index in [0.717, 1.165) is 0 Å². The van der Waals surface area contributed by atoms with Crippen LogP contribution in [0.4, 0.5) is 5.69 Å². The van der Waals surface area contributed by atoms with Gasteiger partial charge in [-0.05, 0) is 18.9 Å². The van der Waals surface area contributed by atoms with E-state index in [1.165, 1.54) is 24.7 Å². The van der Waals surface area contributed by atoms with Crippen LogP contribution in [0.5, 0.6) is 0 Å². The summed E-state index contributed by atoms with van der Waals surface area (Å²) in [4.78, 5) is 34.1. The SMILES string of the molecule is COC(=O)[C@]1(c2ccc(C)c([N+](=O)[O-])c2)C[C@H]1C(=O)NO. The van der Waals surface area contributed by atoms with E-state index in [1.54, 1.807) is 13.0 Å². The van der Waals surface area contributed by atoms with Gasteiger partial charge in [0.1, 0.15) is 5.41 Å². The van der Waals surface area contributed by atoms with Crippen LogP contribution in [0.15, 0.2) is 18.2 Å². The molecule has 1 amide bonds. The Balaban J connectivity index is 2.50. The second-order valence-corrected chi connectivity index (χ2v) is 4.95. The average Bonchev–Trinajstić information content (AvgIpc) is 3.22. The molecule has 2 rings (SSSR count). The fourth-order valence-electron chi connectivity index (χ4n) is 2.59. The molecular formula is C13H14N2O6. The Kier molecular flexibility index (Phi) is 3.65. The molecule has 1 aliphatic rings. The van der Waals surface area contributed by atoms with Crippen molar-refractivity contribution in [2.24, 2.45) is 5.92 Å².